The lowest BCUT2D eigenvalue weighted by Gasteiger charge is -2.34. The smallest absolute Gasteiger partial charge is 0.370 e. The molecule has 0 aromatic heterocycles. The van der Waals surface area contributed by atoms with Crippen molar-refractivity contribution in [2.45, 2.75) is 32.9 Å². The van der Waals surface area contributed by atoms with E-state index in [4.69, 9.17) is 13.3 Å². The Morgan fingerprint density at radius 3 is 1.94 bits per heavy atom. The Hall–Kier alpha value is -0.523. The van der Waals surface area contributed by atoms with Gasteiger partial charge in [-0.2, -0.15) is 4.79 Å². The van der Waals surface area contributed by atoms with Gasteiger partial charge in [-0.25, -0.2) is 0 Å². The fraction of sp³-hybridized carbons (Fsp3) is 0.900. The highest BCUT2D eigenvalue weighted by Gasteiger charge is 2.61. The van der Waals surface area contributed by atoms with Crippen molar-refractivity contribution in [1.82, 2.24) is 0 Å². The molecule has 1 fully saturated rings. The molecule has 1 heterocycles. The third-order valence-electron chi connectivity index (χ3n) is 2.58. The first-order valence-electron chi connectivity index (χ1n) is 5.80. The van der Waals surface area contributed by atoms with E-state index in [0.29, 0.717) is 19.8 Å². The van der Waals surface area contributed by atoms with Crippen LogP contribution >= 0.6 is 0 Å². The van der Waals surface area contributed by atoms with Gasteiger partial charge in [0.2, 0.25) is 5.67 Å². The lowest BCUT2D eigenvalue weighted by Crippen LogP contribution is -2.65. The second kappa shape index (κ2) is 6.27. The molecular formula is C10H20NO4Si+. The quantitative estimate of drug-likeness (QED) is 0.377. The van der Waals surface area contributed by atoms with Gasteiger partial charge in [0, 0.05) is 19.8 Å². The summed E-state index contributed by atoms with van der Waals surface area (Å²) in [6, 6.07) is 0. The van der Waals surface area contributed by atoms with Gasteiger partial charge in [-0.05, 0) is 20.8 Å². The molecule has 5 nitrogen and oxygen atoms in total. The van der Waals surface area contributed by atoms with Crippen LogP contribution in [0.3, 0.4) is 0 Å². The summed E-state index contributed by atoms with van der Waals surface area (Å²) >= 11 is 0. The average Bonchev–Trinajstić information content (AvgIpc) is 2.17. The Balaban J connectivity index is 2.85. The Morgan fingerprint density at radius 1 is 1.19 bits per heavy atom. The van der Waals surface area contributed by atoms with E-state index in [0.717, 1.165) is 13.0 Å². The second-order valence-corrected chi connectivity index (χ2v) is 6.23. The van der Waals surface area contributed by atoms with Gasteiger partial charge >= 0.3 is 14.9 Å². The lowest BCUT2D eigenvalue weighted by atomic mass is 10.3. The molecule has 1 unspecified atom stereocenters. The van der Waals surface area contributed by atoms with Gasteiger partial charge in [0.15, 0.2) is 6.54 Å². The van der Waals surface area contributed by atoms with Gasteiger partial charge in [-0.15, -0.1) is 4.58 Å². The number of nitrogens with zero attached hydrogens (tertiary/aromatic N) is 1. The predicted molar refractivity (Wildman–Crippen MR) is 59.9 cm³/mol. The normalized spacial score (nSPS) is 20.4. The van der Waals surface area contributed by atoms with Crippen molar-refractivity contribution in [3.8, 4) is 0 Å². The maximum atomic E-state index is 10.7. The zero-order valence-corrected chi connectivity index (χ0v) is 11.2. The lowest BCUT2D eigenvalue weighted by molar-refractivity contribution is -0.609. The summed E-state index contributed by atoms with van der Waals surface area (Å²) in [5.74, 6) is 0. The van der Waals surface area contributed by atoms with E-state index in [1.807, 2.05) is 26.9 Å². The molecule has 0 spiro atoms. The number of rotatable bonds is 7. The third kappa shape index (κ3) is 2.59. The molecule has 0 aromatic rings. The van der Waals surface area contributed by atoms with Crippen molar-refractivity contribution in [3.05, 3.63) is 0 Å². The Bertz CT molecular complexity index is 261. The fourth-order valence-corrected chi connectivity index (χ4v) is 4.96. The highest BCUT2D eigenvalue weighted by atomic mass is 28.4. The zero-order chi connectivity index (χ0) is 12.0. The second-order valence-electron chi connectivity index (χ2n) is 3.49. The van der Waals surface area contributed by atoms with E-state index >= 15 is 0 Å². The van der Waals surface area contributed by atoms with Gasteiger partial charge in [0.1, 0.15) is 0 Å². The molecular weight excluding hydrogens is 226 g/mol. The summed E-state index contributed by atoms with van der Waals surface area (Å²) in [5.41, 5.74) is -0.0511. The highest BCUT2D eigenvalue weighted by molar-refractivity contribution is 6.62. The molecule has 0 radical (unpaired) electrons. The number of hydrogen-bond donors (Lipinski definition) is 0. The van der Waals surface area contributed by atoms with Crippen LogP contribution in [0.1, 0.15) is 27.2 Å². The molecule has 1 atom stereocenters. The van der Waals surface area contributed by atoms with E-state index in [1.165, 1.54) is 0 Å². The van der Waals surface area contributed by atoms with Crippen molar-refractivity contribution in [3.63, 3.8) is 0 Å². The molecule has 0 N–H and O–H groups in total. The van der Waals surface area contributed by atoms with E-state index < -0.39 is 8.80 Å². The number of isocyanates is 1. The Morgan fingerprint density at radius 2 is 1.69 bits per heavy atom. The monoisotopic (exact) mass is 246 g/mol. The maximum Gasteiger partial charge on any atom is 0.574 e. The minimum atomic E-state index is -2.73. The van der Waals surface area contributed by atoms with Gasteiger partial charge in [0.25, 0.3) is 0 Å². The predicted octanol–water partition coefficient (Wildman–Crippen LogP) is 0.695. The van der Waals surface area contributed by atoms with Crippen LogP contribution in [0.5, 0.6) is 0 Å². The molecule has 6 heteroatoms. The van der Waals surface area contributed by atoms with Gasteiger partial charge in [-0.1, -0.05) is 0 Å². The van der Waals surface area contributed by atoms with E-state index in [2.05, 4.69) is 0 Å². The average molecular weight is 246 g/mol. The zero-order valence-electron chi connectivity index (χ0n) is 10.2. The minimum absolute atomic E-state index is 0.0511. The van der Waals surface area contributed by atoms with Crippen molar-refractivity contribution < 1.29 is 22.6 Å². The van der Waals surface area contributed by atoms with Crippen LogP contribution in [0, 0.1) is 0 Å². The first-order valence-corrected chi connectivity index (χ1v) is 7.60. The topological polar surface area (TPSA) is 47.8 Å². The standard InChI is InChI=1S/C10H20NO4Si/c1-4-13-16(14-5-2,15-6-3)10-7-8-11(10)9-12/h10H,4-8H2,1-3H3/q+1. The summed E-state index contributed by atoms with van der Waals surface area (Å²) in [7, 11) is -2.73. The van der Waals surface area contributed by atoms with Crippen LogP contribution in [0.2, 0.25) is 0 Å². The summed E-state index contributed by atoms with van der Waals surface area (Å²) in [6.07, 6.45) is 2.79. The van der Waals surface area contributed by atoms with Gasteiger partial charge < -0.3 is 13.3 Å². The molecule has 0 aliphatic carbocycles. The van der Waals surface area contributed by atoms with Gasteiger partial charge in [0.05, 0.1) is 6.42 Å². The molecule has 92 valence electrons. The van der Waals surface area contributed by atoms with E-state index in [-0.39, 0.29) is 5.67 Å². The molecule has 1 rings (SSSR count). The van der Waals surface area contributed by atoms with Crippen LogP contribution in [-0.2, 0) is 18.1 Å². The summed E-state index contributed by atoms with van der Waals surface area (Å²) in [4.78, 5) is 10.7. The first-order chi connectivity index (χ1) is 7.74. The van der Waals surface area contributed by atoms with Gasteiger partial charge in [-0.3, -0.25) is 0 Å². The van der Waals surface area contributed by atoms with Crippen LogP contribution in [0.15, 0.2) is 0 Å². The summed E-state index contributed by atoms with van der Waals surface area (Å²) < 4.78 is 18.8. The van der Waals surface area contributed by atoms with E-state index in [1.54, 1.807) is 4.58 Å². The van der Waals surface area contributed by atoms with Crippen LogP contribution in [0.25, 0.3) is 0 Å². The number of carbonyl (C=O) groups excluding carboxylic acids is 1. The van der Waals surface area contributed by atoms with E-state index in [9.17, 15) is 4.79 Å². The molecule has 0 amide bonds. The summed E-state index contributed by atoms with van der Waals surface area (Å²) in [6.45, 7) is 8.06. The minimum Gasteiger partial charge on any atom is -0.370 e. The molecule has 16 heavy (non-hydrogen) atoms. The number of hydrogen-bond acceptors (Lipinski definition) is 4. The van der Waals surface area contributed by atoms with Crippen molar-refractivity contribution in [2.24, 2.45) is 0 Å². The Labute approximate surface area is 97.4 Å². The van der Waals surface area contributed by atoms with Crippen LogP contribution < -0.4 is 0 Å². The molecule has 1 saturated heterocycles. The summed E-state index contributed by atoms with van der Waals surface area (Å²) in [5, 5.41) is 0. The molecule has 1 aliphatic rings. The van der Waals surface area contributed by atoms with Crippen molar-refractivity contribution in [1.29, 1.82) is 0 Å². The fourth-order valence-electron chi connectivity index (χ4n) is 1.88. The first kappa shape index (κ1) is 13.5. The largest absolute Gasteiger partial charge is 0.574 e. The maximum absolute atomic E-state index is 10.7. The molecule has 0 bridgehead atoms. The SMILES string of the molecule is CCO[Si](OCC)(OCC)C1CC[N+]1=C=O. The third-order valence-corrected chi connectivity index (χ3v) is 6.07. The highest BCUT2D eigenvalue weighted by Crippen LogP contribution is 2.25. The van der Waals surface area contributed by atoms with Crippen molar-refractivity contribution in [2.75, 3.05) is 26.4 Å². The molecule has 0 saturated carbocycles. The molecule has 0 aromatic carbocycles. The van der Waals surface area contributed by atoms with Crippen LogP contribution in [-0.4, -0.2) is 51.5 Å². The molecule has 1 aliphatic heterocycles. The van der Waals surface area contributed by atoms with Crippen LogP contribution in [0.4, 0.5) is 0 Å². The Kier molecular flexibility index (Phi) is 5.31. The van der Waals surface area contributed by atoms with Crippen molar-refractivity contribution >= 4 is 14.9 Å².